The highest BCUT2D eigenvalue weighted by atomic mass is 19.3. The van der Waals surface area contributed by atoms with Crippen LogP contribution < -0.4 is 15.4 Å². The number of aromatic amines is 2. The van der Waals surface area contributed by atoms with E-state index in [4.69, 9.17) is 28.9 Å². The van der Waals surface area contributed by atoms with Crippen LogP contribution in [0.1, 0.15) is 76.8 Å². The van der Waals surface area contributed by atoms with Crippen molar-refractivity contribution in [1.82, 2.24) is 40.4 Å². The van der Waals surface area contributed by atoms with Gasteiger partial charge in [-0.2, -0.15) is 8.78 Å². The highest BCUT2D eigenvalue weighted by Gasteiger charge is 2.43. The first-order valence-corrected chi connectivity index (χ1v) is 22.7. The van der Waals surface area contributed by atoms with Crippen LogP contribution in [0.4, 0.5) is 18.4 Å². The monoisotopic (exact) mass is 928 g/mol. The van der Waals surface area contributed by atoms with Crippen LogP contribution >= 0.6 is 0 Å². The zero-order chi connectivity index (χ0) is 47.7. The summed E-state index contributed by atoms with van der Waals surface area (Å²) >= 11 is 0. The molecule has 67 heavy (non-hydrogen) atoms. The zero-order valence-electron chi connectivity index (χ0n) is 38.7. The topological polar surface area (TPSA) is 202 Å². The Morgan fingerprint density at radius 2 is 1.51 bits per heavy atom. The maximum absolute atomic E-state index is 14.1. The fourth-order valence-corrected chi connectivity index (χ4v) is 9.69. The predicted octanol–water partition coefficient (Wildman–Crippen LogP) is 7.48. The fraction of sp³-hybridized carbons (Fsp3) is 0.500. The summed E-state index contributed by atoms with van der Waals surface area (Å²) in [5, 5.41) is 7.12. The normalized spacial score (nSPS) is 20.0. The van der Waals surface area contributed by atoms with E-state index < -0.39 is 42.8 Å². The standard InChI is InChI=1S/C48H58F2N8O9/c1-8-65-48(62)56-40(25(4)5)45(60)57-19-26(21-63-6)13-36(57)42-51-18-35(53-42)29-9-11-31-30(15-29)23-66-38-17-32-28(16-33(31)38)10-12-34-41(32)54-43(52-34)37-14-27(22-67-46(49)50)20-58(37)44(59)39(24(2)3)55-47(61)64-7/h9-12,15-18,24-27,36-37,39-40,46H,8,13-14,19-23H2,1-7H3,(H,51,53)(H,52,54)(H,55,61)(H,56,62)/t26-,27-,36-,37?,39-,40-/m0/s1. The number of alkyl halides is 2. The van der Waals surface area contributed by atoms with Gasteiger partial charge in [-0.15, -0.1) is 0 Å². The number of hydrogen-bond acceptors (Lipinski definition) is 11. The van der Waals surface area contributed by atoms with Gasteiger partial charge < -0.3 is 54.1 Å². The molecule has 8 rings (SSSR count). The van der Waals surface area contributed by atoms with Crippen molar-refractivity contribution in [3.05, 3.63) is 65.9 Å². The van der Waals surface area contributed by atoms with Crippen molar-refractivity contribution in [2.45, 2.75) is 84.8 Å². The molecule has 0 aliphatic carbocycles. The van der Waals surface area contributed by atoms with Crippen molar-refractivity contribution in [2.75, 3.05) is 47.1 Å². The first-order chi connectivity index (χ1) is 32.2. The number of ether oxygens (including phenoxy) is 5. The lowest BCUT2D eigenvalue weighted by atomic mass is 9.92. The molecular formula is C48H58F2N8O9. The Balaban J connectivity index is 1.05. The number of imidazole rings is 2. The molecule has 2 saturated heterocycles. The predicted molar refractivity (Wildman–Crippen MR) is 243 cm³/mol. The van der Waals surface area contributed by atoms with Gasteiger partial charge in [0.2, 0.25) is 11.8 Å². The van der Waals surface area contributed by atoms with Crippen LogP contribution in [0.25, 0.3) is 44.2 Å². The number of carbonyl (C=O) groups is 4. The number of carbonyl (C=O) groups excluding carboxylic acids is 4. The van der Waals surface area contributed by atoms with Crippen LogP contribution in [0.2, 0.25) is 0 Å². The Morgan fingerprint density at radius 1 is 0.836 bits per heavy atom. The van der Waals surface area contributed by atoms with Crippen molar-refractivity contribution in [2.24, 2.45) is 23.7 Å². The number of likely N-dealkylation sites (tertiary alicyclic amines) is 2. The molecule has 19 heteroatoms. The van der Waals surface area contributed by atoms with Gasteiger partial charge in [0.25, 0.3) is 0 Å². The van der Waals surface area contributed by atoms with Crippen molar-refractivity contribution in [3.63, 3.8) is 0 Å². The maximum Gasteiger partial charge on any atom is 0.407 e. The summed E-state index contributed by atoms with van der Waals surface area (Å²) in [5.74, 6) is 0.430. The highest BCUT2D eigenvalue weighted by molar-refractivity contribution is 6.07. The van der Waals surface area contributed by atoms with E-state index in [-0.39, 0.29) is 55.4 Å². The Labute approximate surface area is 386 Å². The second-order valence-electron chi connectivity index (χ2n) is 18.2. The van der Waals surface area contributed by atoms with E-state index in [0.717, 1.165) is 44.2 Å². The number of aromatic nitrogens is 4. The third kappa shape index (κ3) is 9.75. The minimum atomic E-state index is -2.95. The maximum atomic E-state index is 14.1. The van der Waals surface area contributed by atoms with Crippen molar-refractivity contribution in [3.8, 4) is 28.1 Å². The third-order valence-corrected chi connectivity index (χ3v) is 13.0. The van der Waals surface area contributed by atoms with E-state index in [1.807, 2.05) is 38.1 Å². The second kappa shape index (κ2) is 19.9. The molecule has 1 unspecified atom stereocenters. The molecule has 3 aliphatic rings. The summed E-state index contributed by atoms with van der Waals surface area (Å²) in [6.07, 6.45) is 1.34. The SMILES string of the molecule is CCOC(=O)N[C@H](C(=O)N1C[C@@H](COC)C[C@H]1c1ncc(-c2ccc3c(c2)COc2cc4c(ccc5[nH]c(C6C[C@H](COC(F)F)CN6C(=O)[C@@H](NC(=O)OC)C(C)C)nc54)cc2-3)[nH]1)C(C)C. The molecule has 2 fully saturated rings. The Morgan fingerprint density at radius 3 is 2.15 bits per heavy atom. The lowest BCUT2D eigenvalue weighted by Crippen LogP contribution is -2.51. The molecule has 0 radical (unpaired) electrons. The number of H-pyrrole nitrogens is 2. The van der Waals surface area contributed by atoms with Gasteiger partial charge in [-0.25, -0.2) is 19.6 Å². The van der Waals surface area contributed by atoms with E-state index in [0.29, 0.717) is 55.5 Å². The van der Waals surface area contributed by atoms with Crippen LogP contribution in [-0.2, 0) is 35.1 Å². The molecular weight excluding hydrogens is 871 g/mol. The molecule has 5 aromatic rings. The Bertz CT molecular complexity index is 2630. The van der Waals surface area contributed by atoms with Gasteiger partial charge in [0, 0.05) is 43.0 Å². The first kappa shape index (κ1) is 47.2. The number of rotatable bonds is 15. The van der Waals surface area contributed by atoms with Crippen molar-refractivity contribution < 1.29 is 51.6 Å². The number of nitrogens with zero attached hydrogens (tertiary/aromatic N) is 4. The molecule has 0 saturated carbocycles. The molecule has 0 bridgehead atoms. The summed E-state index contributed by atoms with van der Waals surface area (Å²) in [6, 6.07) is 11.5. The molecule has 5 heterocycles. The van der Waals surface area contributed by atoms with E-state index in [9.17, 15) is 28.0 Å². The first-order valence-electron chi connectivity index (χ1n) is 22.7. The molecule has 2 aromatic heterocycles. The molecule has 3 aliphatic heterocycles. The number of hydrogen-bond donors (Lipinski definition) is 4. The molecule has 4 N–H and O–H groups in total. The summed E-state index contributed by atoms with van der Waals surface area (Å²) in [6.45, 7) is 7.46. The summed E-state index contributed by atoms with van der Waals surface area (Å²) in [7, 11) is 2.86. The highest BCUT2D eigenvalue weighted by Crippen LogP contribution is 2.44. The summed E-state index contributed by atoms with van der Waals surface area (Å²) in [5.41, 5.74) is 5.96. The van der Waals surface area contributed by atoms with Gasteiger partial charge in [-0.05, 0) is 77.9 Å². The van der Waals surface area contributed by atoms with Crippen LogP contribution in [0, 0.1) is 23.7 Å². The average Bonchev–Trinajstić information content (AvgIpc) is 4.14. The van der Waals surface area contributed by atoms with E-state index in [2.05, 4.69) is 43.5 Å². The molecule has 358 valence electrons. The fourth-order valence-electron chi connectivity index (χ4n) is 9.69. The summed E-state index contributed by atoms with van der Waals surface area (Å²) < 4.78 is 52.7. The number of amides is 4. The van der Waals surface area contributed by atoms with Crippen LogP contribution in [0.15, 0.2) is 48.7 Å². The van der Waals surface area contributed by atoms with Gasteiger partial charge in [0.05, 0.1) is 61.9 Å². The minimum Gasteiger partial charge on any atom is -0.488 e. The lowest BCUT2D eigenvalue weighted by molar-refractivity contribution is -0.139. The van der Waals surface area contributed by atoms with Gasteiger partial charge in [0.1, 0.15) is 36.1 Å². The number of alkyl carbamates (subject to hydrolysis) is 2. The molecule has 17 nitrogen and oxygen atoms in total. The number of fused-ring (bicyclic) bond motifs is 6. The van der Waals surface area contributed by atoms with Crippen molar-refractivity contribution in [1.29, 1.82) is 0 Å². The van der Waals surface area contributed by atoms with E-state index in [1.165, 1.54) is 7.11 Å². The number of halogens is 2. The number of methoxy groups -OCH3 is 2. The van der Waals surface area contributed by atoms with Gasteiger partial charge >= 0.3 is 18.8 Å². The van der Waals surface area contributed by atoms with Gasteiger partial charge in [-0.3, -0.25) is 9.59 Å². The lowest BCUT2D eigenvalue weighted by Gasteiger charge is -2.30. The zero-order valence-corrected chi connectivity index (χ0v) is 38.7. The van der Waals surface area contributed by atoms with E-state index >= 15 is 0 Å². The average molecular weight is 929 g/mol. The third-order valence-electron chi connectivity index (χ3n) is 13.0. The number of nitrogens with one attached hydrogen (secondary N) is 4. The smallest absolute Gasteiger partial charge is 0.407 e. The van der Waals surface area contributed by atoms with Crippen LogP contribution in [0.5, 0.6) is 5.75 Å². The van der Waals surface area contributed by atoms with Crippen LogP contribution in [0.3, 0.4) is 0 Å². The Hall–Kier alpha value is -6.34. The Kier molecular flexibility index (Phi) is 14.0. The second-order valence-corrected chi connectivity index (χ2v) is 18.2. The minimum absolute atomic E-state index is 0.0792. The molecule has 0 spiro atoms. The largest absolute Gasteiger partial charge is 0.488 e. The van der Waals surface area contributed by atoms with Crippen LogP contribution in [-0.4, -0.2) is 120 Å². The number of benzene rings is 3. The molecule has 4 amide bonds. The van der Waals surface area contributed by atoms with Crippen molar-refractivity contribution >= 4 is 45.8 Å². The quantitative estimate of drug-likeness (QED) is 0.0811. The molecule has 6 atom stereocenters. The van der Waals surface area contributed by atoms with Gasteiger partial charge in [0.15, 0.2) is 0 Å². The van der Waals surface area contributed by atoms with E-state index in [1.54, 1.807) is 43.9 Å². The van der Waals surface area contributed by atoms with Gasteiger partial charge in [-0.1, -0.05) is 45.9 Å². The summed E-state index contributed by atoms with van der Waals surface area (Å²) in [4.78, 5) is 72.8. The molecule has 3 aromatic carbocycles.